The Morgan fingerprint density at radius 2 is 2.16 bits per heavy atom. The number of hydrogen-bond acceptors (Lipinski definition) is 1. The molecule has 0 saturated carbocycles. The minimum atomic E-state index is -0.923. The van der Waals surface area contributed by atoms with Crippen LogP contribution in [-0.4, -0.2) is 29.3 Å². The lowest BCUT2D eigenvalue weighted by atomic mass is 9.98. The summed E-state index contributed by atoms with van der Waals surface area (Å²) in [5.74, 6) is -1.52. The molecule has 1 saturated heterocycles. The molecule has 0 spiro atoms. The summed E-state index contributed by atoms with van der Waals surface area (Å²) < 4.78 is 25.9. The van der Waals surface area contributed by atoms with Crippen LogP contribution in [0.5, 0.6) is 0 Å². The molecule has 1 aromatic carbocycles. The predicted molar refractivity (Wildman–Crippen MR) is 70.1 cm³/mol. The first-order valence-corrected chi connectivity index (χ1v) is 6.77. The van der Waals surface area contributed by atoms with Crippen LogP contribution in [0.3, 0.4) is 0 Å². The summed E-state index contributed by atoms with van der Waals surface area (Å²) in [6.07, 6.45) is 0.951. The minimum absolute atomic E-state index is 0.0392. The number of alkyl halides is 1. The second-order valence-electron chi connectivity index (χ2n) is 5.05. The van der Waals surface area contributed by atoms with E-state index in [1.54, 1.807) is 4.90 Å². The van der Waals surface area contributed by atoms with Crippen LogP contribution in [0.4, 0.5) is 8.78 Å². The Bertz CT molecular complexity index is 481. The van der Waals surface area contributed by atoms with Gasteiger partial charge in [-0.1, -0.05) is 13.0 Å². The molecule has 1 heterocycles. The number of carbonyl (C=O) groups is 1. The van der Waals surface area contributed by atoms with Crippen LogP contribution < -0.4 is 0 Å². The van der Waals surface area contributed by atoms with Crippen molar-refractivity contribution in [1.82, 2.24) is 4.90 Å². The third-order valence-electron chi connectivity index (χ3n) is 3.56. The zero-order chi connectivity index (χ0) is 14.0. The van der Waals surface area contributed by atoms with Gasteiger partial charge in [0.05, 0.1) is 11.8 Å². The average Bonchev–Trinajstić information content (AvgIpc) is 2.37. The van der Waals surface area contributed by atoms with Crippen molar-refractivity contribution in [3.8, 4) is 0 Å². The van der Waals surface area contributed by atoms with Crippen molar-refractivity contribution >= 4 is 17.5 Å². The first kappa shape index (κ1) is 14.3. The quantitative estimate of drug-likeness (QED) is 0.766. The van der Waals surface area contributed by atoms with Crippen LogP contribution in [0.1, 0.15) is 18.9 Å². The van der Waals surface area contributed by atoms with Crippen molar-refractivity contribution < 1.29 is 13.6 Å². The van der Waals surface area contributed by atoms with Gasteiger partial charge in [-0.05, 0) is 30.0 Å². The lowest BCUT2D eigenvalue weighted by molar-refractivity contribution is -0.131. The highest BCUT2D eigenvalue weighted by Crippen LogP contribution is 2.22. The number of hydrogen-bond donors (Lipinski definition) is 0. The number of likely N-dealkylation sites (tertiary alicyclic amines) is 1. The first-order valence-electron chi connectivity index (χ1n) is 6.33. The largest absolute Gasteiger partial charge is 0.341 e. The fourth-order valence-corrected chi connectivity index (χ4v) is 2.48. The van der Waals surface area contributed by atoms with E-state index in [0.29, 0.717) is 24.6 Å². The molecule has 5 heteroatoms. The number of nitrogens with zero attached hydrogens (tertiary/aromatic N) is 1. The fraction of sp³-hybridized carbons (Fsp3) is 0.500. The molecule has 0 bridgehead atoms. The molecule has 0 radical (unpaired) electrons. The minimum Gasteiger partial charge on any atom is -0.341 e. The van der Waals surface area contributed by atoms with Crippen LogP contribution in [0.15, 0.2) is 18.2 Å². The lowest BCUT2D eigenvalue weighted by Crippen LogP contribution is -2.44. The summed E-state index contributed by atoms with van der Waals surface area (Å²) in [6, 6.07) is 3.54. The van der Waals surface area contributed by atoms with E-state index in [1.165, 1.54) is 6.07 Å². The molecule has 2 nitrogen and oxygen atoms in total. The summed E-state index contributed by atoms with van der Waals surface area (Å²) in [4.78, 5) is 13.8. The molecule has 0 aromatic heterocycles. The Labute approximate surface area is 116 Å². The summed E-state index contributed by atoms with van der Waals surface area (Å²) >= 11 is 6.15. The van der Waals surface area contributed by atoms with Gasteiger partial charge in [-0.2, -0.15) is 0 Å². The summed E-state index contributed by atoms with van der Waals surface area (Å²) in [5, 5.41) is -0.0392. The Hall–Kier alpha value is -1.16. The van der Waals surface area contributed by atoms with Crippen LogP contribution in [0, 0.1) is 17.6 Å². The molecule has 2 rings (SSSR count). The van der Waals surface area contributed by atoms with Gasteiger partial charge < -0.3 is 4.90 Å². The molecule has 19 heavy (non-hydrogen) atoms. The maximum atomic E-state index is 13.1. The molecule has 0 aliphatic carbocycles. The Morgan fingerprint density at radius 3 is 2.79 bits per heavy atom. The van der Waals surface area contributed by atoms with E-state index in [2.05, 4.69) is 6.92 Å². The van der Waals surface area contributed by atoms with Gasteiger partial charge in [-0.25, -0.2) is 8.78 Å². The van der Waals surface area contributed by atoms with Crippen molar-refractivity contribution in [2.75, 3.05) is 13.1 Å². The van der Waals surface area contributed by atoms with Crippen molar-refractivity contribution in [3.63, 3.8) is 0 Å². The van der Waals surface area contributed by atoms with E-state index in [4.69, 9.17) is 11.6 Å². The maximum absolute atomic E-state index is 13.1. The summed E-state index contributed by atoms with van der Waals surface area (Å²) in [6.45, 7) is 3.26. The highest BCUT2D eigenvalue weighted by molar-refractivity contribution is 6.21. The molecule has 2 atom stereocenters. The second-order valence-corrected chi connectivity index (χ2v) is 5.61. The lowest BCUT2D eigenvalue weighted by Gasteiger charge is -2.34. The van der Waals surface area contributed by atoms with Gasteiger partial charge in [0.25, 0.3) is 0 Å². The van der Waals surface area contributed by atoms with E-state index in [-0.39, 0.29) is 17.7 Å². The highest BCUT2D eigenvalue weighted by Gasteiger charge is 2.27. The molecule has 1 fully saturated rings. The van der Waals surface area contributed by atoms with Crippen LogP contribution in [0.25, 0.3) is 0 Å². The standard InChI is InChI=1S/C14H16ClF2NO/c1-9-4-5-18(8-11(9)15)14(19)7-10-2-3-12(16)13(17)6-10/h2-3,6,9,11H,4-5,7-8H2,1H3. The average molecular weight is 288 g/mol. The molecule has 2 unspecified atom stereocenters. The normalized spacial score (nSPS) is 23.5. The number of benzene rings is 1. The van der Waals surface area contributed by atoms with E-state index in [9.17, 15) is 13.6 Å². The number of amides is 1. The first-order chi connectivity index (χ1) is 8.97. The number of carbonyl (C=O) groups excluding carboxylic acids is 1. The molecule has 104 valence electrons. The topological polar surface area (TPSA) is 20.3 Å². The number of piperidine rings is 1. The van der Waals surface area contributed by atoms with Gasteiger partial charge in [-0.15, -0.1) is 11.6 Å². The van der Waals surface area contributed by atoms with Gasteiger partial charge in [0.2, 0.25) is 5.91 Å². The summed E-state index contributed by atoms with van der Waals surface area (Å²) in [7, 11) is 0. The predicted octanol–water partition coefficient (Wildman–Crippen LogP) is 2.98. The third kappa shape index (κ3) is 3.44. The van der Waals surface area contributed by atoms with Gasteiger partial charge in [0.1, 0.15) is 0 Å². The molecular formula is C14H16ClF2NO. The van der Waals surface area contributed by atoms with Gasteiger partial charge in [0, 0.05) is 13.1 Å². The Kier molecular flexibility index (Phi) is 4.40. The smallest absolute Gasteiger partial charge is 0.227 e. The van der Waals surface area contributed by atoms with E-state index in [1.807, 2.05) is 0 Å². The zero-order valence-electron chi connectivity index (χ0n) is 10.7. The second kappa shape index (κ2) is 5.87. The van der Waals surface area contributed by atoms with Gasteiger partial charge >= 0.3 is 0 Å². The van der Waals surface area contributed by atoms with Gasteiger partial charge in [-0.3, -0.25) is 4.79 Å². The molecule has 1 aliphatic heterocycles. The van der Waals surface area contributed by atoms with Crippen molar-refractivity contribution in [3.05, 3.63) is 35.4 Å². The number of rotatable bonds is 2. The van der Waals surface area contributed by atoms with E-state index < -0.39 is 11.6 Å². The number of halogens is 3. The fourth-order valence-electron chi connectivity index (χ4n) is 2.18. The molecule has 1 amide bonds. The van der Waals surface area contributed by atoms with Crippen molar-refractivity contribution in [2.24, 2.45) is 5.92 Å². The maximum Gasteiger partial charge on any atom is 0.227 e. The van der Waals surface area contributed by atoms with Crippen molar-refractivity contribution in [2.45, 2.75) is 25.1 Å². The molecule has 1 aliphatic rings. The van der Waals surface area contributed by atoms with Crippen LogP contribution >= 0.6 is 11.6 Å². The molecular weight excluding hydrogens is 272 g/mol. The molecule has 0 N–H and O–H groups in total. The molecule has 1 aromatic rings. The van der Waals surface area contributed by atoms with Crippen LogP contribution in [-0.2, 0) is 11.2 Å². The highest BCUT2D eigenvalue weighted by atomic mass is 35.5. The van der Waals surface area contributed by atoms with Crippen LogP contribution in [0.2, 0.25) is 0 Å². The summed E-state index contributed by atoms with van der Waals surface area (Å²) in [5.41, 5.74) is 0.480. The van der Waals surface area contributed by atoms with Crippen molar-refractivity contribution in [1.29, 1.82) is 0 Å². The third-order valence-corrected chi connectivity index (χ3v) is 4.13. The van der Waals surface area contributed by atoms with E-state index in [0.717, 1.165) is 18.6 Å². The van der Waals surface area contributed by atoms with E-state index >= 15 is 0 Å². The zero-order valence-corrected chi connectivity index (χ0v) is 11.5. The Morgan fingerprint density at radius 1 is 1.42 bits per heavy atom. The Balaban J connectivity index is 1.99. The van der Waals surface area contributed by atoms with Gasteiger partial charge in [0.15, 0.2) is 11.6 Å². The SMILES string of the molecule is CC1CCN(C(=O)Cc2ccc(F)c(F)c2)CC1Cl. The monoisotopic (exact) mass is 287 g/mol.